The molecule has 188 valence electrons. The number of hydrogen-bond acceptors (Lipinski definition) is 7. The van der Waals surface area contributed by atoms with Crippen molar-refractivity contribution in [2.45, 2.75) is 49.3 Å². The summed E-state index contributed by atoms with van der Waals surface area (Å²) in [5, 5.41) is 10.0. The molecule has 0 atom stereocenters. The number of carbonyl (C=O) groups is 2. The molecule has 0 aliphatic carbocycles. The van der Waals surface area contributed by atoms with E-state index >= 15 is 0 Å². The molecule has 14 heteroatoms. The summed E-state index contributed by atoms with van der Waals surface area (Å²) in [7, 11) is 0. The van der Waals surface area contributed by atoms with Crippen LogP contribution in [0.25, 0.3) is 11.0 Å². The van der Waals surface area contributed by atoms with Gasteiger partial charge in [-0.15, -0.1) is 5.06 Å². The Morgan fingerprint density at radius 1 is 1.23 bits per heavy atom. The monoisotopic (exact) mass is 532 g/mol. The Morgan fingerprint density at radius 3 is 2.51 bits per heavy atom. The van der Waals surface area contributed by atoms with Crippen LogP contribution in [0.1, 0.15) is 26.3 Å². The number of halogens is 4. The number of hydroxylamine groups is 2. The van der Waals surface area contributed by atoms with E-state index < -0.39 is 29.6 Å². The highest BCUT2D eigenvalue weighted by molar-refractivity contribution is 7.99. The van der Waals surface area contributed by atoms with Crippen molar-refractivity contribution >= 4 is 46.6 Å². The van der Waals surface area contributed by atoms with E-state index in [-0.39, 0.29) is 23.1 Å². The molecule has 0 aliphatic heterocycles. The van der Waals surface area contributed by atoms with Gasteiger partial charge in [-0.3, -0.25) is 0 Å². The number of ether oxygens (including phenoxy) is 1. The molecule has 2 aromatic heterocycles. The molecule has 0 unspecified atom stereocenters. The van der Waals surface area contributed by atoms with Crippen molar-refractivity contribution < 1.29 is 37.4 Å². The van der Waals surface area contributed by atoms with Gasteiger partial charge in [-0.25, -0.2) is 19.6 Å². The van der Waals surface area contributed by atoms with E-state index in [0.717, 1.165) is 17.8 Å². The third-order valence-electron chi connectivity index (χ3n) is 4.26. The standard InChI is InChI=1S/C21H20ClF3N4O5S/c1-20(2,3)33-19(32)34-29(18(30)31)9-8-28-15-7-5-4-6-14(15)27-17(28)35-16-13(22)10-12(11-26-16)21(23,24)25/h4-7,10-11H,8-9H2,1-3H3,(H,30,31). The molecule has 0 saturated carbocycles. The number of para-hydroxylation sites is 2. The second-order valence-corrected chi connectivity index (χ2v) is 9.45. The first-order valence-electron chi connectivity index (χ1n) is 10.0. The van der Waals surface area contributed by atoms with Crippen molar-refractivity contribution in [1.29, 1.82) is 0 Å². The highest BCUT2D eigenvalue weighted by Gasteiger charge is 2.32. The number of rotatable bonds is 5. The fourth-order valence-electron chi connectivity index (χ4n) is 2.82. The lowest BCUT2D eigenvalue weighted by Crippen LogP contribution is -2.37. The Kier molecular flexibility index (Phi) is 7.70. The topological polar surface area (TPSA) is 107 Å². The van der Waals surface area contributed by atoms with Gasteiger partial charge in [-0.1, -0.05) is 23.7 Å². The lowest BCUT2D eigenvalue weighted by atomic mass is 10.2. The van der Waals surface area contributed by atoms with E-state index in [4.69, 9.17) is 21.2 Å². The summed E-state index contributed by atoms with van der Waals surface area (Å²) < 4.78 is 45.4. The molecule has 0 radical (unpaired) electrons. The van der Waals surface area contributed by atoms with Crippen molar-refractivity contribution in [2.75, 3.05) is 6.54 Å². The van der Waals surface area contributed by atoms with Gasteiger partial charge >= 0.3 is 18.4 Å². The smallest absolute Gasteiger partial charge is 0.463 e. The molecule has 1 aromatic carbocycles. The highest BCUT2D eigenvalue weighted by Crippen LogP contribution is 2.37. The summed E-state index contributed by atoms with van der Waals surface area (Å²) in [6, 6.07) is 7.69. The van der Waals surface area contributed by atoms with E-state index in [1.54, 1.807) is 49.6 Å². The Bertz CT molecular complexity index is 1250. The largest absolute Gasteiger partial charge is 0.534 e. The molecular weight excluding hydrogens is 513 g/mol. The van der Waals surface area contributed by atoms with Crippen LogP contribution < -0.4 is 0 Å². The number of pyridine rings is 1. The average Bonchev–Trinajstić information content (AvgIpc) is 3.07. The van der Waals surface area contributed by atoms with Crippen LogP contribution in [0.3, 0.4) is 0 Å². The average molecular weight is 533 g/mol. The minimum absolute atomic E-state index is 0.0177. The zero-order chi connectivity index (χ0) is 26.0. The Balaban J connectivity index is 1.86. The molecule has 1 amide bonds. The Labute approximate surface area is 206 Å². The maximum Gasteiger partial charge on any atom is 0.534 e. The fraction of sp³-hybridized carbons (Fsp3) is 0.333. The molecule has 9 nitrogen and oxygen atoms in total. The number of nitrogens with zero attached hydrogens (tertiary/aromatic N) is 4. The van der Waals surface area contributed by atoms with Crippen LogP contribution in [0.15, 0.2) is 46.7 Å². The summed E-state index contributed by atoms with van der Waals surface area (Å²) in [5.74, 6) is 0. The van der Waals surface area contributed by atoms with Gasteiger partial charge in [0.25, 0.3) is 0 Å². The number of fused-ring (bicyclic) bond motifs is 1. The van der Waals surface area contributed by atoms with Gasteiger partial charge in [0.1, 0.15) is 10.6 Å². The molecule has 3 aromatic rings. The van der Waals surface area contributed by atoms with Crippen molar-refractivity contribution in [1.82, 2.24) is 19.6 Å². The predicted molar refractivity (Wildman–Crippen MR) is 120 cm³/mol. The maximum absolute atomic E-state index is 12.9. The van der Waals surface area contributed by atoms with Crippen LogP contribution in [-0.2, 0) is 22.3 Å². The minimum atomic E-state index is -4.60. The van der Waals surface area contributed by atoms with E-state index in [1.165, 1.54) is 0 Å². The van der Waals surface area contributed by atoms with Gasteiger partial charge in [0.2, 0.25) is 0 Å². The van der Waals surface area contributed by atoms with Crippen LogP contribution in [0.4, 0.5) is 22.8 Å². The molecule has 1 N–H and O–H groups in total. The molecule has 0 saturated heterocycles. The summed E-state index contributed by atoms with van der Waals surface area (Å²) in [4.78, 5) is 36.6. The van der Waals surface area contributed by atoms with Crippen molar-refractivity contribution in [3.05, 3.63) is 47.1 Å². The zero-order valence-electron chi connectivity index (χ0n) is 18.7. The van der Waals surface area contributed by atoms with Crippen molar-refractivity contribution in [3.63, 3.8) is 0 Å². The number of imidazole rings is 1. The van der Waals surface area contributed by atoms with E-state index in [1.807, 2.05) is 0 Å². The van der Waals surface area contributed by atoms with Gasteiger partial charge in [0.15, 0.2) is 5.16 Å². The third-order valence-corrected chi connectivity index (χ3v) is 5.67. The van der Waals surface area contributed by atoms with Gasteiger partial charge in [-0.05, 0) is 50.7 Å². The molecule has 3 rings (SSSR count). The molecule has 0 fully saturated rings. The first-order valence-corrected chi connectivity index (χ1v) is 11.2. The third kappa shape index (κ3) is 6.92. The van der Waals surface area contributed by atoms with Crippen LogP contribution in [0.2, 0.25) is 5.02 Å². The molecule has 2 heterocycles. The van der Waals surface area contributed by atoms with E-state index in [9.17, 15) is 27.9 Å². The van der Waals surface area contributed by atoms with Crippen LogP contribution in [0, 0.1) is 0 Å². The number of carboxylic acid groups (broad SMARTS) is 1. The number of benzene rings is 1. The summed E-state index contributed by atoms with van der Waals surface area (Å²) >= 11 is 6.95. The van der Waals surface area contributed by atoms with E-state index in [2.05, 4.69) is 9.97 Å². The number of alkyl halides is 3. The van der Waals surface area contributed by atoms with Gasteiger partial charge < -0.3 is 19.2 Å². The number of hydrogen-bond donors (Lipinski definition) is 1. The quantitative estimate of drug-likeness (QED) is 0.310. The van der Waals surface area contributed by atoms with E-state index in [0.29, 0.717) is 27.4 Å². The fourth-order valence-corrected chi connectivity index (χ4v) is 3.98. The van der Waals surface area contributed by atoms with Crippen LogP contribution in [0.5, 0.6) is 0 Å². The number of carbonyl (C=O) groups excluding carboxylic acids is 1. The molecule has 35 heavy (non-hydrogen) atoms. The summed E-state index contributed by atoms with van der Waals surface area (Å²) in [5.41, 5.74) is -0.718. The first-order chi connectivity index (χ1) is 16.2. The lowest BCUT2D eigenvalue weighted by Gasteiger charge is -2.22. The second-order valence-electron chi connectivity index (χ2n) is 8.09. The second kappa shape index (κ2) is 10.2. The normalized spacial score (nSPS) is 12.0. The Hall–Kier alpha value is -3.19. The van der Waals surface area contributed by atoms with Crippen molar-refractivity contribution in [2.24, 2.45) is 0 Å². The summed E-state index contributed by atoms with van der Waals surface area (Å²) in [6.07, 6.45) is -6.64. The first kappa shape index (κ1) is 26.4. The highest BCUT2D eigenvalue weighted by atomic mass is 35.5. The van der Waals surface area contributed by atoms with Crippen molar-refractivity contribution in [3.8, 4) is 0 Å². The number of aromatic nitrogens is 3. The molecular formula is C21H20ClF3N4O5S. The zero-order valence-corrected chi connectivity index (χ0v) is 20.2. The van der Waals surface area contributed by atoms with Crippen LogP contribution >= 0.6 is 23.4 Å². The van der Waals surface area contributed by atoms with Gasteiger partial charge in [0, 0.05) is 12.7 Å². The SMILES string of the molecule is CC(C)(C)OC(=O)ON(CCn1c(Sc2ncc(C(F)(F)F)cc2Cl)nc2ccccc21)C(=O)O. The minimum Gasteiger partial charge on any atom is -0.463 e. The molecule has 0 spiro atoms. The van der Waals surface area contributed by atoms with Crippen LogP contribution in [-0.4, -0.2) is 49.1 Å². The molecule has 0 aliphatic rings. The van der Waals surface area contributed by atoms with Gasteiger partial charge in [-0.2, -0.15) is 13.2 Å². The predicted octanol–water partition coefficient (Wildman–Crippen LogP) is 6.10. The Morgan fingerprint density at radius 2 is 1.91 bits per heavy atom. The number of amides is 1. The lowest BCUT2D eigenvalue weighted by molar-refractivity contribution is -0.137. The van der Waals surface area contributed by atoms with Gasteiger partial charge in [0.05, 0.1) is 28.2 Å². The molecule has 0 bridgehead atoms. The maximum atomic E-state index is 12.9. The summed E-state index contributed by atoms with van der Waals surface area (Å²) in [6.45, 7) is 4.48.